The molecule has 3 aromatic rings. The molecular formula is C20H19FN2O5S. The Morgan fingerprint density at radius 3 is 2.62 bits per heavy atom. The molecule has 0 saturated carbocycles. The van der Waals surface area contributed by atoms with Crippen LogP contribution in [0.3, 0.4) is 0 Å². The number of thiazole rings is 1. The molecule has 0 bridgehead atoms. The molecule has 0 aliphatic carbocycles. The summed E-state index contributed by atoms with van der Waals surface area (Å²) in [5.41, 5.74) is 0.784. The minimum absolute atomic E-state index is 0.152. The zero-order valence-electron chi connectivity index (χ0n) is 16.1. The maximum Gasteiger partial charge on any atom is 0.326 e. The van der Waals surface area contributed by atoms with Gasteiger partial charge in [-0.2, -0.15) is 4.99 Å². The van der Waals surface area contributed by atoms with Crippen molar-refractivity contribution in [3.63, 3.8) is 0 Å². The SMILES string of the molecule is CCOC(=O)Cn1c(=NC(=O)c2cc(OC)ccc2OC)sc2cc(F)ccc21. The first kappa shape index (κ1) is 20.5. The number of carbonyl (C=O) groups excluding carboxylic acids is 2. The molecule has 0 fully saturated rings. The lowest BCUT2D eigenvalue weighted by Gasteiger charge is -2.08. The van der Waals surface area contributed by atoms with Crippen molar-refractivity contribution in [2.24, 2.45) is 4.99 Å². The number of rotatable bonds is 6. The van der Waals surface area contributed by atoms with Crippen molar-refractivity contribution in [2.75, 3.05) is 20.8 Å². The second-order valence-corrected chi connectivity index (χ2v) is 6.88. The third kappa shape index (κ3) is 4.45. The van der Waals surface area contributed by atoms with E-state index in [0.717, 1.165) is 11.3 Å². The van der Waals surface area contributed by atoms with Crippen molar-refractivity contribution in [3.8, 4) is 11.5 Å². The first-order valence-corrected chi connectivity index (χ1v) is 9.54. The third-order valence-corrected chi connectivity index (χ3v) is 5.11. The van der Waals surface area contributed by atoms with Crippen LogP contribution >= 0.6 is 11.3 Å². The molecule has 0 atom stereocenters. The lowest BCUT2D eigenvalue weighted by molar-refractivity contribution is -0.143. The third-order valence-electron chi connectivity index (χ3n) is 4.07. The van der Waals surface area contributed by atoms with Gasteiger partial charge < -0.3 is 18.8 Å². The second-order valence-electron chi connectivity index (χ2n) is 5.87. The summed E-state index contributed by atoms with van der Waals surface area (Å²) in [7, 11) is 2.93. The van der Waals surface area contributed by atoms with Crippen molar-refractivity contribution in [1.82, 2.24) is 4.57 Å². The highest BCUT2D eigenvalue weighted by Crippen LogP contribution is 2.25. The summed E-state index contributed by atoms with van der Waals surface area (Å²) in [5.74, 6) is -0.671. The fraction of sp³-hybridized carbons (Fsp3) is 0.250. The Morgan fingerprint density at radius 2 is 1.93 bits per heavy atom. The summed E-state index contributed by atoms with van der Waals surface area (Å²) in [6.45, 7) is 1.77. The number of methoxy groups -OCH3 is 2. The van der Waals surface area contributed by atoms with Gasteiger partial charge in [0.15, 0.2) is 4.80 Å². The molecule has 3 rings (SSSR count). The van der Waals surface area contributed by atoms with Crippen molar-refractivity contribution >= 4 is 33.4 Å². The van der Waals surface area contributed by atoms with Crippen molar-refractivity contribution in [3.05, 3.63) is 52.6 Å². The average molecular weight is 418 g/mol. The summed E-state index contributed by atoms with van der Waals surface area (Å²) in [6.07, 6.45) is 0. The van der Waals surface area contributed by atoms with Gasteiger partial charge in [0.25, 0.3) is 5.91 Å². The predicted molar refractivity (Wildman–Crippen MR) is 106 cm³/mol. The Balaban J connectivity index is 2.14. The summed E-state index contributed by atoms with van der Waals surface area (Å²) < 4.78 is 31.1. The Morgan fingerprint density at radius 1 is 1.14 bits per heavy atom. The van der Waals surface area contributed by atoms with Crippen LogP contribution in [0.5, 0.6) is 11.5 Å². The molecule has 29 heavy (non-hydrogen) atoms. The standard InChI is InChI=1S/C20H19FN2O5S/c1-4-28-18(24)11-23-15-7-5-12(21)9-17(15)29-20(23)22-19(25)14-10-13(26-2)6-8-16(14)27-3/h5-10H,4,11H2,1-3H3. The number of nitrogens with zero attached hydrogens (tertiary/aromatic N) is 2. The fourth-order valence-corrected chi connectivity index (χ4v) is 3.80. The Hall–Kier alpha value is -3.20. The van der Waals surface area contributed by atoms with Crippen LogP contribution in [-0.2, 0) is 16.1 Å². The average Bonchev–Trinajstić information content (AvgIpc) is 3.03. The monoisotopic (exact) mass is 418 g/mol. The van der Waals surface area contributed by atoms with Gasteiger partial charge in [0.05, 0.1) is 36.6 Å². The van der Waals surface area contributed by atoms with E-state index in [1.165, 1.54) is 43.1 Å². The Kier molecular flexibility index (Phi) is 6.28. The van der Waals surface area contributed by atoms with Crippen LogP contribution in [0.4, 0.5) is 4.39 Å². The van der Waals surface area contributed by atoms with Crippen LogP contribution in [0.15, 0.2) is 41.4 Å². The molecule has 0 N–H and O–H groups in total. The van der Waals surface area contributed by atoms with E-state index in [4.69, 9.17) is 14.2 Å². The maximum atomic E-state index is 13.6. The van der Waals surface area contributed by atoms with Gasteiger partial charge in [-0.15, -0.1) is 0 Å². The van der Waals surface area contributed by atoms with Gasteiger partial charge in [-0.25, -0.2) is 4.39 Å². The van der Waals surface area contributed by atoms with E-state index in [1.807, 2.05) is 0 Å². The maximum absolute atomic E-state index is 13.6. The number of amides is 1. The number of hydrogen-bond acceptors (Lipinski definition) is 6. The molecule has 0 saturated heterocycles. The normalized spacial score (nSPS) is 11.5. The Labute approximate surface area is 170 Å². The molecule has 0 radical (unpaired) electrons. The molecule has 0 aliphatic rings. The number of esters is 1. The molecule has 1 heterocycles. The lowest BCUT2D eigenvalue weighted by Crippen LogP contribution is -2.23. The van der Waals surface area contributed by atoms with Crippen LogP contribution in [0.25, 0.3) is 10.2 Å². The molecule has 9 heteroatoms. The lowest BCUT2D eigenvalue weighted by atomic mass is 10.2. The largest absolute Gasteiger partial charge is 0.497 e. The number of hydrogen-bond donors (Lipinski definition) is 0. The summed E-state index contributed by atoms with van der Waals surface area (Å²) in [6, 6.07) is 8.95. The summed E-state index contributed by atoms with van der Waals surface area (Å²) >= 11 is 1.10. The van der Waals surface area contributed by atoms with E-state index in [0.29, 0.717) is 21.7 Å². The number of carbonyl (C=O) groups is 2. The van der Waals surface area contributed by atoms with Crippen LogP contribution in [0, 0.1) is 5.82 Å². The van der Waals surface area contributed by atoms with Crippen LogP contribution < -0.4 is 14.3 Å². The van der Waals surface area contributed by atoms with Crippen molar-refractivity contribution < 1.29 is 28.2 Å². The van der Waals surface area contributed by atoms with Gasteiger partial charge in [-0.3, -0.25) is 9.59 Å². The van der Waals surface area contributed by atoms with Gasteiger partial charge in [-0.1, -0.05) is 11.3 Å². The molecular weight excluding hydrogens is 399 g/mol. The molecule has 7 nitrogen and oxygen atoms in total. The second kappa shape index (κ2) is 8.87. The number of halogens is 1. The quantitative estimate of drug-likeness (QED) is 0.575. The van der Waals surface area contributed by atoms with Gasteiger partial charge in [-0.05, 0) is 43.3 Å². The predicted octanol–water partition coefficient (Wildman–Crippen LogP) is 3.16. The van der Waals surface area contributed by atoms with E-state index in [1.54, 1.807) is 19.1 Å². The van der Waals surface area contributed by atoms with E-state index in [-0.39, 0.29) is 23.5 Å². The summed E-state index contributed by atoms with van der Waals surface area (Å²) in [5, 5.41) is 0. The highest BCUT2D eigenvalue weighted by molar-refractivity contribution is 7.16. The topological polar surface area (TPSA) is 79.1 Å². The fourth-order valence-electron chi connectivity index (χ4n) is 2.75. The number of fused-ring (bicyclic) bond motifs is 1. The molecule has 2 aromatic carbocycles. The van der Waals surface area contributed by atoms with Gasteiger partial charge in [0.1, 0.15) is 23.9 Å². The number of benzene rings is 2. The first-order chi connectivity index (χ1) is 14.0. The smallest absolute Gasteiger partial charge is 0.326 e. The molecule has 152 valence electrons. The molecule has 0 aliphatic heterocycles. The van der Waals surface area contributed by atoms with Crippen LogP contribution in [-0.4, -0.2) is 37.3 Å². The van der Waals surface area contributed by atoms with E-state index in [2.05, 4.69) is 4.99 Å². The minimum atomic E-state index is -0.578. The molecule has 0 spiro atoms. The van der Waals surface area contributed by atoms with Gasteiger partial charge in [0, 0.05) is 0 Å². The van der Waals surface area contributed by atoms with Crippen LogP contribution in [0.1, 0.15) is 17.3 Å². The summed E-state index contributed by atoms with van der Waals surface area (Å²) in [4.78, 5) is 29.3. The van der Waals surface area contributed by atoms with E-state index < -0.39 is 17.7 Å². The first-order valence-electron chi connectivity index (χ1n) is 8.72. The van der Waals surface area contributed by atoms with Gasteiger partial charge in [0.2, 0.25) is 0 Å². The van der Waals surface area contributed by atoms with E-state index >= 15 is 0 Å². The molecule has 1 aromatic heterocycles. The highest BCUT2D eigenvalue weighted by Gasteiger charge is 2.16. The zero-order chi connectivity index (χ0) is 21.0. The molecule has 1 amide bonds. The van der Waals surface area contributed by atoms with Crippen molar-refractivity contribution in [2.45, 2.75) is 13.5 Å². The van der Waals surface area contributed by atoms with Gasteiger partial charge >= 0.3 is 5.97 Å². The van der Waals surface area contributed by atoms with E-state index in [9.17, 15) is 14.0 Å². The zero-order valence-corrected chi connectivity index (χ0v) is 16.9. The highest BCUT2D eigenvalue weighted by atomic mass is 32.1. The number of aromatic nitrogens is 1. The minimum Gasteiger partial charge on any atom is -0.497 e. The Bertz CT molecular complexity index is 1140. The molecule has 0 unspecified atom stereocenters. The number of ether oxygens (including phenoxy) is 3. The van der Waals surface area contributed by atoms with Crippen molar-refractivity contribution in [1.29, 1.82) is 0 Å². The van der Waals surface area contributed by atoms with Crippen LogP contribution in [0.2, 0.25) is 0 Å².